The summed E-state index contributed by atoms with van der Waals surface area (Å²) in [6.07, 6.45) is 9.95. The van der Waals surface area contributed by atoms with Gasteiger partial charge in [-0.15, -0.1) is 0 Å². The molecule has 1 atom stereocenters. The maximum atomic E-state index is 12.7. The van der Waals surface area contributed by atoms with Crippen LogP contribution in [0.2, 0.25) is 0 Å². The average molecular weight is 296 g/mol. The first-order valence-electron chi connectivity index (χ1n) is 8.58. The summed E-state index contributed by atoms with van der Waals surface area (Å²) in [4.78, 5) is 14.7. The molecule has 2 aromatic heterocycles. The van der Waals surface area contributed by atoms with Crippen molar-refractivity contribution in [3.63, 3.8) is 0 Å². The molecule has 1 amide bonds. The fourth-order valence-electron chi connectivity index (χ4n) is 4.30. The summed E-state index contributed by atoms with van der Waals surface area (Å²) in [5.74, 6) is 0.669. The molecule has 2 heterocycles. The summed E-state index contributed by atoms with van der Waals surface area (Å²) in [5.41, 5.74) is 4.14. The Kier molecular flexibility index (Phi) is 3.44. The lowest BCUT2D eigenvalue weighted by Gasteiger charge is -2.33. The Morgan fingerprint density at radius 1 is 1.23 bits per heavy atom. The third-order valence-corrected chi connectivity index (χ3v) is 5.65. The van der Waals surface area contributed by atoms with Gasteiger partial charge < -0.3 is 9.30 Å². The predicted octanol–water partition coefficient (Wildman–Crippen LogP) is 3.45. The number of pyridine rings is 1. The van der Waals surface area contributed by atoms with Crippen molar-refractivity contribution < 1.29 is 4.79 Å². The normalized spacial score (nSPS) is 22.0. The first kappa shape index (κ1) is 13.9. The lowest BCUT2D eigenvalue weighted by Crippen LogP contribution is -2.43. The Bertz CT molecular complexity index is 697. The molecule has 116 valence electrons. The summed E-state index contributed by atoms with van der Waals surface area (Å²) in [6, 6.07) is 9.02. The van der Waals surface area contributed by atoms with Crippen LogP contribution in [0.4, 0.5) is 0 Å². The van der Waals surface area contributed by atoms with Gasteiger partial charge in [0.05, 0.1) is 0 Å². The molecule has 0 unspecified atom stereocenters. The highest BCUT2D eigenvalue weighted by Gasteiger charge is 2.31. The maximum Gasteiger partial charge on any atom is 0.225 e. The average Bonchev–Trinajstić information content (AvgIpc) is 3.20. The van der Waals surface area contributed by atoms with Gasteiger partial charge in [-0.2, -0.15) is 0 Å². The van der Waals surface area contributed by atoms with Gasteiger partial charge in [0.25, 0.3) is 0 Å². The van der Waals surface area contributed by atoms with Crippen LogP contribution in [0.3, 0.4) is 0 Å². The highest BCUT2D eigenvalue weighted by Crippen LogP contribution is 2.31. The van der Waals surface area contributed by atoms with E-state index in [1.165, 1.54) is 29.6 Å². The number of hydrogen-bond donors (Lipinski definition) is 0. The zero-order valence-corrected chi connectivity index (χ0v) is 13.3. The zero-order valence-electron chi connectivity index (χ0n) is 13.3. The van der Waals surface area contributed by atoms with Gasteiger partial charge in [-0.1, -0.05) is 18.9 Å². The van der Waals surface area contributed by atoms with Crippen LogP contribution >= 0.6 is 0 Å². The van der Waals surface area contributed by atoms with Crippen LogP contribution in [0.1, 0.15) is 43.4 Å². The largest absolute Gasteiger partial charge is 0.342 e. The molecule has 0 bridgehead atoms. The Balaban J connectivity index is 1.57. The van der Waals surface area contributed by atoms with Crippen molar-refractivity contribution in [2.24, 2.45) is 5.92 Å². The Morgan fingerprint density at radius 3 is 2.86 bits per heavy atom. The minimum atomic E-state index is 0.287. The molecule has 3 nitrogen and oxygen atoms in total. The van der Waals surface area contributed by atoms with Crippen molar-refractivity contribution in [1.29, 1.82) is 0 Å². The molecule has 22 heavy (non-hydrogen) atoms. The van der Waals surface area contributed by atoms with E-state index in [0.29, 0.717) is 11.9 Å². The van der Waals surface area contributed by atoms with Gasteiger partial charge in [-0.3, -0.25) is 4.79 Å². The summed E-state index contributed by atoms with van der Waals surface area (Å²) in [5, 5.41) is 0. The molecular weight excluding hydrogens is 272 g/mol. The number of rotatable bonds is 2. The minimum absolute atomic E-state index is 0.287. The number of hydrogen-bond acceptors (Lipinski definition) is 1. The van der Waals surface area contributed by atoms with E-state index in [-0.39, 0.29) is 5.92 Å². The first-order chi connectivity index (χ1) is 10.7. The lowest BCUT2D eigenvalue weighted by atomic mass is 9.91. The molecule has 3 heteroatoms. The van der Waals surface area contributed by atoms with E-state index in [0.717, 1.165) is 32.1 Å². The van der Waals surface area contributed by atoms with Crippen molar-refractivity contribution >= 4 is 11.4 Å². The van der Waals surface area contributed by atoms with Crippen molar-refractivity contribution in [2.45, 2.75) is 51.0 Å². The number of carbonyl (C=O) groups excluding carboxylic acids is 1. The number of aryl methyl sites for hydroxylation is 1. The van der Waals surface area contributed by atoms with E-state index in [4.69, 9.17) is 0 Å². The van der Waals surface area contributed by atoms with E-state index in [9.17, 15) is 4.79 Å². The van der Waals surface area contributed by atoms with Crippen LogP contribution in [0.5, 0.6) is 0 Å². The number of amides is 1. The van der Waals surface area contributed by atoms with Gasteiger partial charge in [0.1, 0.15) is 0 Å². The van der Waals surface area contributed by atoms with Crippen molar-refractivity contribution in [2.75, 3.05) is 7.05 Å². The molecule has 1 saturated carbocycles. The number of aromatic nitrogens is 1. The molecule has 0 aliphatic heterocycles. The third kappa shape index (κ3) is 2.23. The van der Waals surface area contributed by atoms with Gasteiger partial charge >= 0.3 is 0 Å². The Morgan fingerprint density at radius 2 is 2.05 bits per heavy atom. The molecule has 0 radical (unpaired) electrons. The number of carbonyl (C=O) groups is 1. The van der Waals surface area contributed by atoms with Gasteiger partial charge in [0, 0.05) is 42.8 Å². The Hall–Kier alpha value is -1.77. The molecule has 2 aromatic rings. The standard InChI is InChI=1S/C19H24N2O/c1-20(19(22)14-6-2-3-7-14)16-10-9-15-12-17-8-4-5-11-21(17)18(15)13-16/h4-5,8,11-12,14,16H,2-3,6-7,9-10,13H2,1H3/t16-/m1/s1. The number of likely N-dealkylation sites (N-methyl/N-ethyl adjacent to an activating group) is 1. The SMILES string of the molecule is CN(C(=O)C1CCCC1)[C@@H]1CCc2cc3ccccn3c2C1. The van der Waals surface area contributed by atoms with E-state index in [1.807, 2.05) is 7.05 Å². The molecule has 4 rings (SSSR count). The molecule has 0 N–H and O–H groups in total. The summed E-state index contributed by atoms with van der Waals surface area (Å²) < 4.78 is 2.30. The number of fused-ring (bicyclic) bond motifs is 3. The molecule has 2 aliphatic rings. The van der Waals surface area contributed by atoms with Crippen LogP contribution in [0.25, 0.3) is 5.52 Å². The van der Waals surface area contributed by atoms with E-state index in [2.05, 4.69) is 39.8 Å². The monoisotopic (exact) mass is 296 g/mol. The highest BCUT2D eigenvalue weighted by atomic mass is 16.2. The lowest BCUT2D eigenvalue weighted by molar-refractivity contribution is -0.136. The second kappa shape index (κ2) is 5.45. The first-order valence-corrected chi connectivity index (χ1v) is 8.58. The van der Waals surface area contributed by atoms with Crippen molar-refractivity contribution in [3.05, 3.63) is 41.7 Å². The second-order valence-corrected chi connectivity index (χ2v) is 6.94. The molecule has 2 aliphatic carbocycles. The van der Waals surface area contributed by atoms with E-state index in [1.54, 1.807) is 0 Å². The zero-order chi connectivity index (χ0) is 15.1. The Labute approximate surface area is 131 Å². The van der Waals surface area contributed by atoms with Crippen LogP contribution in [-0.2, 0) is 17.6 Å². The van der Waals surface area contributed by atoms with Crippen LogP contribution < -0.4 is 0 Å². The molecule has 0 spiro atoms. The van der Waals surface area contributed by atoms with Crippen LogP contribution in [-0.4, -0.2) is 28.3 Å². The van der Waals surface area contributed by atoms with E-state index >= 15 is 0 Å². The van der Waals surface area contributed by atoms with Crippen molar-refractivity contribution in [3.8, 4) is 0 Å². The minimum Gasteiger partial charge on any atom is -0.342 e. The highest BCUT2D eigenvalue weighted by molar-refractivity contribution is 5.79. The molecule has 1 fully saturated rings. The van der Waals surface area contributed by atoms with Crippen LogP contribution in [0, 0.1) is 5.92 Å². The quantitative estimate of drug-likeness (QED) is 0.833. The van der Waals surface area contributed by atoms with Gasteiger partial charge in [0.2, 0.25) is 5.91 Å². The number of nitrogens with zero attached hydrogens (tertiary/aromatic N) is 2. The third-order valence-electron chi connectivity index (χ3n) is 5.65. The summed E-state index contributed by atoms with van der Waals surface area (Å²) in [6.45, 7) is 0. The topological polar surface area (TPSA) is 24.7 Å². The second-order valence-electron chi connectivity index (χ2n) is 6.94. The van der Waals surface area contributed by atoms with Gasteiger partial charge in [0.15, 0.2) is 0 Å². The molecule has 0 aromatic carbocycles. The summed E-state index contributed by atoms with van der Waals surface area (Å²) >= 11 is 0. The van der Waals surface area contributed by atoms with E-state index < -0.39 is 0 Å². The van der Waals surface area contributed by atoms with Gasteiger partial charge in [-0.05, 0) is 49.4 Å². The van der Waals surface area contributed by atoms with Crippen LogP contribution in [0.15, 0.2) is 30.5 Å². The molecular formula is C19H24N2O. The fourth-order valence-corrected chi connectivity index (χ4v) is 4.30. The summed E-state index contributed by atoms with van der Waals surface area (Å²) in [7, 11) is 2.02. The predicted molar refractivity (Wildman–Crippen MR) is 87.9 cm³/mol. The van der Waals surface area contributed by atoms with Gasteiger partial charge in [-0.25, -0.2) is 0 Å². The smallest absolute Gasteiger partial charge is 0.225 e. The maximum absolute atomic E-state index is 12.7. The molecule has 0 saturated heterocycles. The fraction of sp³-hybridized carbons (Fsp3) is 0.526. The van der Waals surface area contributed by atoms with Crippen molar-refractivity contribution in [1.82, 2.24) is 9.30 Å².